The molecule has 0 heterocycles. The van der Waals surface area contributed by atoms with Gasteiger partial charge in [-0.2, -0.15) is 0 Å². The van der Waals surface area contributed by atoms with Crippen LogP contribution in [0.15, 0.2) is 48.6 Å². The van der Waals surface area contributed by atoms with Crippen LogP contribution in [0.25, 0.3) is 0 Å². The Morgan fingerprint density at radius 2 is 1.26 bits per heavy atom. The maximum atomic E-state index is 11.9. The van der Waals surface area contributed by atoms with E-state index in [0.29, 0.717) is 12.8 Å². The lowest BCUT2D eigenvalue weighted by Crippen LogP contribution is -2.28. The summed E-state index contributed by atoms with van der Waals surface area (Å²) in [6, 6.07) is 0. The Hall–Kier alpha value is -2.14. The van der Waals surface area contributed by atoms with Gasteiger partial charge in [-0.1, -0.05) is 88.1 Å². The first-order valence-electron chi connectivity index (χ1n) is 13.2. The lowest BCUT2D eigenvalue weighted by atomic mass is 10.1. The molecule has 194 valence electrons. The number of ether oxygens (including phenoxy) is 2. The smallest absolute Gasteiger partial charge is 0.306 e. The molecule has 0 fully saturated rings. The van der Waals surface area contributed by atoms with Crippen LogP contribution in [0.2, 0.25) is 0 Å². The van der Waals surface area contributed by atoms with Crippen molar-refractivity contribution in [3.8, 4) is 0 Å². The molecule has 0 rings (SSSR count). The van der Waals surface area contributed by atoms with Gasteiger partial charge in [-0.05, 0) is 51.4 Å². The van der Waals surface area contributed by atoms with Gasteiger partial charge >= 0.3 is 11.9 Å². The number of allylic oxidation sites excluding steroid dienone is 8. The van der Waals surface area contributed by atoms with Crippen LogP contribution in [0.5, 0.6) is 0 Å². The average molecular weight is 477 g/mol. The average Bonchev–Trinajstić information content (AvgIpc) is 2.83. The maximum absolute atomic E-state index is 11.9. The zero-order chi connectivity index (χ0) is 25.1. The number of hydrogen-bond acceptors (Lipinski definition) is 5. The van der Waals surface area contributed by atoms with Crippen molar-refractivity contribution in [1.82, 2.24) is 0 Å². The number of hydrogen-bond donors (Lipinski definition) is 1. The van der Waals surface area contributed by atoms with Gasteiger partial charge < -0.3 is 14.6 Å². The third-order valence-electron chi connectivity index (χ3n) is 5.14. The molecule has 34 heavy (non-hydrogen) atoms. The van der Waals surface area contributed by atoms with E-state index in [1.807, 2.05) is 0 Å². The van der Waals surface area contributed by atoms with Crippen LogP contribution in [0, 0.1) is 0 Å². The van der Waals surface area contributed by atoms with Crippen LogP contribution < -0.4 is 0 Å². The SMILES string of the molecule is CC/C=C\C/C=C\C/C=C\C/C=C\CCCCCCC(=O)OC(CO)COC(=O)CCCCC. The van der Waals surface area contributed by atoms with Crippen LogP contribution in [0.1, 0.15) is 104 Å². The molecule has 1 unspecified atom stereocenters. The molecule has 5 heteroatoms. The number of esters is 2. The molecule has 0 aromatic rings. The minimum atomic E-state index is -0.777. The molecule has 0 amide bonds. The van der Waals surface area contributed by atoms with Gasteiger partial charge in [0.05, 0.1) is 6.61 Å². The van der Waals surface area contributed by atoms with Crippen molar-refractivity contribution in [2.75, 3.05) is 13.2 Å². The molecular weight excluding hydrogens is 428 g/mol. The molecular formula is C29H48O5. The lowest BCUT2D eigenvalue weighted by Gasteiger charge is -2.15. The second kappa shape index (κ2) is 25.5. The molecule has 0 aliphatic heterocycles. The third-order valence-corrected chi connectivity index (χ3v) is 5.14. The van der Waals surface area contributed by atoms with Gasteiger partial charge in [-0.15, -0.1) is 0 Å². The number of aliphatic hydroxyl groups is 1. The fourth-order valence-electron chi connectivity index (χ4n) is 3.13. The molecule has 0 aromatic heterocycles. The first-order chi connectivity index (χ1) is 16.6. The molecule has 0 saturated carbocycles. The summed E-state index contributed by atoms with van der Waals surface area (Å²) in [5.74, 6) is -0.656. The van der Waals surface area contributed by atoms with E-state index in [9.17, 15) is 14.7 Å². The molecule has 0 spiro atoms. The Kier molecular flexibility index (Phi) is 23.9. The predicted molar refractivity (Wildman–Crippen MR) is 140 cm³/mol. The Balaban J connectivity index is 3.66. The normalized spacial score (nSPS) is 12.9. The second-order valence-corrected chi connectivity index (χ2v) is 8.39. The number of carbonyl (C=O) groups is 2. The first-order valence-corrected chi connectivity index (χ1v) is 13.2. The molecule has 0 bridgehead atoms. The van der Waals surface area contributed by atoms with E-state index in [2.05, 4.69) is 62.5 Å². The van der Waals surface area contributed by atoms with Crippen molar-refractivity contribution in [2.24, 2.45) is 0 Å². The van der Waals surface area contributed by atoms with Gasteiger partial charge in [0.2, 0.25) is 0 Å². The Morgan fingerprint density at radius 1 is 0.706 bits per heavy atom. The molecule has 0 saturated heterocycles. The van der Waals surface area contributed by atoms with Crippen molar-refractivity contribution in [3.05, 3.63) is 48.6 Å². The van der Waals surface area contributed by atoms with E-state index in [4.69, 9.17) is 9.47 Å². The van der Waals surface area contributed by atoms with Crippen LogP contribution in [-0.4, -0.2) is 36.4 Å². The van der Waals surface area contributed by atoms with Crippen LogP contribution in [0.4, 0.5) is 0 Å². The number of unbranched alkanes of at least 4 members (excludes halogenated alkanes) is 6. The molecule has 5 nitrogen and oxygen atoms in total. The van der Waals surface area contributed by atoms with Crippen molar-refractivity contribution in [3.63, 3.8) is 0 Å². The van der Waals surface area contributed by atoms with E-state index >= 15 is 0 Å². The summed E-state index contributed by atoms with van der Waals surface area (Å²) in [7, 11) is 0. The van der Waals surface area contributed by atoms with Crippen LogP contribution in [0.3, 0.4) is 0 Å². The van der Waals surface area contributed by atoms with Crippen molar-refractivity contribution >= 4 is 11.9 Å². The number of carbonyl (C=O) groups excluding carboxylic acids is 2. The summed E-state index contributed by atoms with van der Waals surface area (Å²) in [6.45, 7) is 3.79. The molecule has 0 aromatic carbocycles. The fourth-order valence-corrected chi connectivity index (χ4v) is 3.13. The second-order valence-electron chi connectivity index (χ2n) is 8.39. The van der Waals surface area contributed by atoms with E-state index in [1.165, 1.54) is 0 Å². The number of rotatable bonds is 22. The summed E-state index contributed by atoms with van der Waals surface area (Å²) in [5, 5.41) is 9.34. The fraction of sp³-hybridized carbons (Fsp3) is 0.655. The summed E-state index contributed by atoms with van der Waals surface area (Å²) in [4.78, 5) is 23.5. The summed E-state index contributed by atoms with van der Waals surface area (Å²) < 4.78 is 10.3. The van der Waals surface area contributed by atoms with Crippen LogP contribution in [-0.2, 0) is 19.1 Å². The van der Waals surface area contributed by atoms with Gasteiger partial charge in [-0.3, -0.25) is 9.59 Å². The standard InChI is InChI=1S/C29H48O5/c1-3-5-7-8-9-10-11-12-13-14-15-16-17-18-19-20-22-24-29(32)34-27(25-30)26-33-28(31)23-21-6-4-2/h5,7,9-10,12-13,15-16,27,30H,3-4,6,8,11,14,17-26H2,1-2H3/b7-5-,10-9-,13-12-,16-15-. The zero-order valence-electron chi connectivity index (χ0n) is 21.6. The third kappa shape index (κ3) is 23.0. The lowest BCUT2D eigenvalue weighted by molar-refractivity contribution is -0.161. The predicted octanol–water partition coefficient (Wildman–Crippen LogP) is 7.16. The summed E-state index contributed by atoms with van der Waals surface area (Å²) in [5.41, 5.74) is 0. The highest BCUT2D eigenvalue weighted by Gasteiger charge is 2.15. The van der Waals surface area contributed by atoms with E-state index in [0.717, 1.165) is 77.0 Å². The van der Waals surface area contributed by atoms with Crippen LogP contribution >= 0.6 is 0 Å². The van der Waals surface area contributed by atoms with Gasteiger partial charge in [0.15, 0.2) is 6.10 Å². The van der Waals surface area contributed by atoms with E-state index in [-0.39, 0.29) is 25.2 Å². The topological polar surface area (TPSA) is 72.8 Å². The monoisotopic (exact) mass is 476 g/mol. The molecule has 0 aliphatic carbocycles. The Bertz CT molecular complexity index is 604. The van der Waals surface area contributed by atoms with Gasteiger partial charge in [0, 0.05) is 12.8 Å². The minimum Gasteiger partial charge on any atom is -0.462 e. The zero-order valence-corrected chi connectivity index (χ0v) is 21.6. The molecule has 0 aliphatic rings. The summed E-state index contributed by atoms with van der Waals surface area (Å²) >= 11 is 0. The van der Waals surface area contributed by atoms with Crippen molar-refractivity contribution < 1.29 is 24.2 Å². The van der Waals surface area contributed by atoms with Gasteiger partial charge in [0.1, 0.15) is 6.61 Å². The maximum Gasteiger partial charge on any atom is 0.306 e. The largest absolute Gasteiger partial charge is 0.462 e. The highest BCUT2D eigenvalue weighted by molar-refractivity contribution is 5.70. The van der Waals surface area contributed by atoms with E-state index in [1.54, 1.807) is 0 Å². The highest BCUT2D eigenvalue weighted by Crippen LogP contribution is 2.09. The van der Waals surface area contributed by atoms with Crippen molar-refractivity contribution in [2.45, 2.75) is 110 Å². The highest BCUT2D eigenvalue weighted by atomic mass is 16.6. The quantitative estimate of drug-likeness (QED) is 0.102. The Morgan fingerprint density at radius 3 is 1.88 bits per heavy atom. The van der Waals surface area contributed by atoms with Gasteiger partial charge in [0.25, 0.3) is 0 Å². The summed E-state index contributed by atoms with van der Waals surface area (Å²) in [6.07, 6.45) is 29.4. The molecule has 1 N–H and O–H groups in total. The minimum absolute atomic E-state index is 0.0813. The number of aliphatic hydroxyl groups excluding tert-OH is 1. The molecule has 0 radical (unpaired) electrons. The Labute approximate surface area is 208 Å². The van der Waals surface area contributed by atoms with Gasteiger partial charge in [-0.25, -0.2) is 0 Å². The van der Waals surface area contributed by atoms with Crippen molar-refractivity contribution in [1.29, 1.82) is 0 Å². The molecule has 1 atom stereocenters. The first kappa shape index (κ1) is 31.9. The van der Waals surface area contributed by atoms with E-state index < -0.39 is 6.10 Å².